The van der Waals surface area contributed by atoms with E-state index in [0.717, 1.165) is 0 Å². The first-order valence-corrected chi connectivity index (χ1v) is 5.76. The molecule has 0 aliphatic heterocycles. The molecule has 2 aromatic rings. The van der Waals surface area contributed by atoms with E-state index in [9.17, 15) is 14.3 Å². The first-order valence-electron chi connectivity index (χ1n) is 5.38. The van der Waals surface area contributed by atoms with Gasteiger partial charge in [-0.05, 0) is 24.3 Å². The molecular weight excluding hydrogens is 271 g/mol. The molecule has 2 rings (SSSR count). The maximum Gasteiger partial charge on any atom is 0.323 e. The van der Waals surface area contributed by atoms with Crippen molar-refractivity contribution in [1.29, 1.82) is 0 Å². The number of phenolic OH excluding ortho intramolecular Hbond substituents is 1. The van der Waals surface area contributed by atoms with E-state index in [1.54, 1.807) is 12.1 Å². The largest absolute Gasteiger partial charge is 0.506 e. The van der Waals surface area contributed by atoms with Crippen LogP contribution in [-0.4, -0.2) is 11.1 Å². The number of urea groups is 1. The molecule has 2 aromatic carbocycles. The van der Waals surface area contributed by atoms with Crippen molar-refractivity contribution in [1.82, 2.24) is 0 Å². The molecule has 2 amide bonds. The van der Waals surface area contributed by atoms with Gasteiger partial charge in [-0.1, -0.05) is 29.8 Å². The van der Waals surface area contributed by atoms with Gasteiger partial charge in [0.05, 0.1) is 16.4 Å². The SMILES string of the molecule is O=C(Nc1ccccc1O)Nc1c(F)cccc1Cl. The number of halogens is 2. The molecule has 98 valence electrons. The number of nitrogens with one attached hydrogen (secondary N) is 2. The predicted octanol–water partition coefficient (Wildman–Crippen LogP) is 3.83. The normalized spacial score (nSPS) is 10.0. The van der Waals surface area contributed by atoms with Crippen molar-refractivity contribution in [2.24, 2.45) is 0 Å². The van der Waals surface area contributed by atoms with E-state index in [1.807, 2.05) is 0 Å². The summed E-state index contributed by atoms with van der Waals surface area (Å²) in [4.78, 5) is 11.7. The van der Waals surface area contributed by atoms with Crippen LogP contribution in [0, 0.1) is 5.82 Å². The lowest BCUT2D eigenvalue weighted by molar-refractivity contribution is 0.262. The number of amides is 2. The van der Waals surface area contributed by atoms with Crippen molar-refractivity contribution >= 4 is 29.0 Å². The molecule has 3 N–H and O–H groups in total. The number of anilines is 2. The third kappa shape index (κ3) is 3.14. The van der Waals surface area contributed by atoms with Crippen LogP contribution in [0.25, 0.3) is 0 Å². The molecule has 0 saturated carbocycles. The minimum absolute atomic E-state index is 0.0859. The lowest BCUT2D eigenvalue weighted by Gasteiger charge is -2.10. The fourth-order valence-corrected chi connectivity index (χ4v) is 1.67. The van der Waals surface area contributed by atoms with E-state index in [2.05, 4.69) is 10.6 Å². The summed E-state index contributed by atoms with van der Waals surface area (Å²) in [6, 6.07) is 9.57. The number of hydrogen-bond donors (Lipinski definition) is 3. The van der Waals surface area contributed by atoms with Crippen molar-refractivity contribution in [3.63, 3.8) is 0 Å². The number of carbonyl (C=O) groups is 1. The van der Waals surface area contributed by atoms with Crippen LogP contribution >= 0.6 is 11.6 Å². The lowest BCUT2D eigenvalue weighted by Crippen LogP contribution is -2.20. The monoisotopic (exact) mass is 280 g/mol. The van der Waals surface area contributed by atoms with E-state index in [0.29, 0.717) is 0 Å². The highest BCUT2D eigenvalue weighted by atomic mass is 35.5. The Balaban J connectivity index is 2.12. The van der Waals surface area contributed by atoms with Gasteiger partial charge in [0.15, 0.2) is 0 Å². The van der Waals surface area contributed by atoms with Crippen LogP contribution < -0.4 is 10.6 Å². The second kappa shape index (κ2) is 5.58. The zero-order valence-electron chi connectivity index (χ0n) is 9.65. The van der Waals surface area contributed by atoms with Gasteiger partial charge in [0.2, 0.25) is 0 Å². The first kappa shape index (κ1) is 13.2. The fraction of sp³-hybridized carbons (Fsp3) is 0. The van der Waals surface area contributed by atoms with Gasteiger partial charge >= 0.3 is 6.03 Å². The summed E-state index contributed by atoms with van der Waals surface area (Å²) < 4.78 is 13.5. The van der Waals surface area contributed by atoms with Crippen molar-refractivity contribution < 1.29 is 14.3 Å². The summed E-state index contributed by atoms with van der Waals surface area (Å²) in [5, 5.41) is 14.3. The summed E-state index contributed by atoms with van der Waals surface area (Å²) in [7, 11) is 0. The van der Waals surface area contributed by atoms with Gasteiger partial charge in [-0.3, -0.25) is 0 Å². The topological polar surface area (TPSA) is 61.4 Å². The highest BCUT2D eigenvalue weighted by molar-refractivity contribution is 6.33. The molecule has 0 radical (unpaired) electrons. The fourth-order valence-electron chi connectivity index (χ4n) is 1.46. The Hall–Kier alpha value is -2.27. The molecule has 0 aliphatic carbocycles. The quantitative estimate of drug-likeness (QED) is 0.732. The second-order valence-corrected chi connectivity index (χ2v) is 4.10. The standard InChI is InChI=1S/C13H10ClFN2O2/c14-8-4-3-5-9(15)12(8)17-13(19)16-10-6-1-2-7-11(10)18/h1-7,18H,(H2,16,17,19). The number of rotatable bonds is 2. The third-order valence-electron chi connectivity index (χ3n) is 2.35. The maximum atomic E-state index is 13.5. The van der Waals surface area contributed by atoms with Gasteiger partial charge in [-0.2, -0.15) is 0 Å². The van der Waals surface area contributed by atoms with E-state index in [1.165, 1.54) is 30.3 Å². The summed E-state index contributed by atoms with van der Waals surface area (Å²) >= 11 is 5.78. The Labute approximate surface area is 113 Å². The molecule has 0 saturated heterocycles. The Morgan fingerprint density at radius 2 is 1.84 bits per heavy atom. The van der Waals surface area contributed by atoms with E-state index >= 15 is 0 Å². The molecule has 4 nitrogen and oxygen atoms in total. The van der Waals surface area contributed by atoms with Crippen LogP contribution in [0.5, 0.6) is 5.75 Å². The Morgan fingerprint density at radius 1 is 1.11 bits per heavy atom. The van der Waals surface area contributed by atoms with Crippen LogP contribution in [0.2, 0.25) is 5.02 Å². The molecule has 19 heavy (non-hydrogen) atoms. The average molecular weight is 281 g/mol. The second-order valence-electron chi connectivity index (χ2n) is 3.69. The van der Waals surface area contributed by atoms with Gasteiger partial charge in [0.1, 0.15) is 11.6 Å². The van der Waals surface area contributed by atoms with Crippen molar-refractivity contribution in [3.8, 4) is 5.75 Å². The highest BCUT2D eigenvalue weighted by Gasteiger charge is 2.11. The molecule has 0 atom stereocenters. The Morgan fingerprint density at radius 3 is 2.53 bits per heavy atom. The maximum absolute atomic E-state index is 13.5. The van der Waals surface area contributed by atoms with Crippen LogP contribution in [0.4, 0.5) is 20.6 Å². The summed E-state index contributed by atoms with van der Waals surface area (Å²) in [6.45, 7) is 0. The number of para-hydroxylation sites is 3. The van der Waals surface area contributed by atoms with Crippen LogP contribution in [0.3, 0.4) is 0 Å². The minimum atomic E-state index is -0.700. The lowest BCUT2D eigenvalue weighted by atomic mass is 10.3. The van der Waals surface area contributed by atoms with Gasteiger partial charge in [0.25, 0.3) is 0 Å². The highest BCUT2D eigenvalue weighted by Crippen LogP contribution is 2.26. The average Bonchev–Trinajstić information content (AvgIpc) is 2.37. The Kier molecular flexibility index (Phi) is 3.87. The minimum Gasteiger partial charge on any atom is -0.506 e. The van der Waals surface area contributed by atoms with Crippen molar-refractivity contribution in [2.75, 3.05) is 10.6 Å². The summed E-state index contributed by atoms with van der Waals surface area (Å²) in [5.74, 6) is -0.725. The zero-order chi connectivity index (χ0) is 13.8. The van der Waals surface area contributed by atoms with Crippen LogP contribution in [-0.2, 0) is 0 Å². The van der Waals surface area contributed by atoms with Crippen molar-refractivity contribution in [3.05, 3.63) is 53.3 Å². The predicted molar refractivity (Wildman–Crippen MR) is 72.2 cm³/mol. The number of phenols is 1. The zero-order valence-corrected chi connectivity index (χ0v) is 10.4. The molecule has 0 aromatic heterocycles. The van der Waals surface area contributed by atoms with Crippen molar-refractivity contribution in [2.45, 2.75) is 0 Å². The molecule has 0 fully saturated rings. The number of benzene rings is 2. The van der Waals surface area contributed by atoms with Crippen LogP contribution in [0.15, 0.2) is 42.5 Å². The molecule has 0 spiro atoms. The van der Waals surface area contributed by atoms with E-state index in [4.69, 9.17) is 11.6 Å². The number of carbonyl (C=O) groups excluding carboxylic acids is 1. The molecule has 0 aliphatic rings. The Bertz CT molecular complexity index is 599. The van der Waals surface area contributed by atoms with Gasteiger partial charge in [-0.25, -0.2) is 9.18 Å². The van der Waals surface area contributed by atoms with Crippen LogP contribution in [0.1, 0.15) is 0 Å². The first-order chi connectivity index (χ1) is 9.08. The molecule has 6 heteroatoms. The van der Waals surface area contributed by atoms with Gasteiger partial charge in [0, 0.05) is 0 Å². The summed E-state index contributed by atoms with van der Waals surface area (Å²) in [5.41, 5.74) is 0.101. The molecule has 0 unspecified atom stereocenters. The van der Waals surface area contributed by atoms with Gasteiger partial charge < -0.3 is 15.7 Å². The number of hydrogen-bond acceptors (Lipinski definition) is 2. The molecular formula is C13H10ClFN2O2. The van der Waals surface area contributed by atoms with E-state index < -0.39 is 11.8 Å². The summed E-state index contributed by atoms with van der Waals surface area (Å²) in [6.07, 6.45) is 0. The van der Waals surface area contributed by atoms with E-state index in [-0.39, 0.29) is 22.1 Å². The smallest absolute Gasteiger partial charge is 0.323 e. The molecule has 0 heterocycles. The third-order valence-corrected chi connectivity index (χ3v) is 2.67. The van der Waals surface area contributed by atoms with Gasteiger partial charge in [-0.15, -0.1) is 0 Å². The number of aromatic hydroxyl groups is 1. The molecule has 0 bridgehead atoms.